The van der Waals surface area contributed by atoms with E-state index in [0.717, 1.165) is 13.0 Å². The van der Waals surface area contributed by atoms with Crippen molar-refractivity contribution < 1.29 is 9.84 Å². The lowest BCUT2D eigenvalue weighted by Gasteiger charge is -1.96. The van der Waals surface area contributed by atoms with Crippen LogP contribution in [0.15, 0.2) is 0 Å². The smallest absolute Gasteiger partial charge is 0.0910 e. The van der Waals surface area contributed by atoms with Crippen molar-refractivity contribution in [2.75, 3.05) is 13.2 Å². The summed E-state index contributed by atoms with van der Waals surface area (Å²) in [6.45, 7) is 3.08. The van der Waals surface area contributed by atoms with E-state index in [-0.39, 0.29) is 12.2 Å². The molecule has 7 heavy (non-hydrogen) atoms. The summed E-state index contributed by atoms with van der Waals surface area (Å²) in [5, 5.41) is 8.36. The Balaban J connectivity index is 2.13. The van der Waals surface area contributed by atoms with E-state index in [1.807, 2.05) is 6.92 Å². The van der Waals surface area contributed by atoms with Crippen LogP contribution in [-0.4, -0.2) is 23.9 Å². The predicted octanol–water partition coefficient (Wildman–Crippen LogP) is 0.158. The van der Waals surface area contributed by atoms with Gasteiger partial charge < -0.3 is 9.84 Å². The van der Waals surface area contributed by atoms with Gasteiger partial charge in [0.2, 0.25) is 0 Å². The summed E-state index contributed by atoms with van der Waals surface area (Å²) in [5.74, 6) is 0. The minimum Gasteiger partial charge on any atom is -0.396 e. The third kappa shape index (κ3) is 1.14. The van der Waals surface area contributed by atoms with Crippen molar-refractivity contribution in [2.24, 2.45) is 0 Å². The van der Waals surface area contributed by atoms with Crippen LogP contribution < -0.4 is 0 Å². The minimum absolute atomic E-state index is 0.0503. The Morgan fingerprint density at radius 2 is 2.43 bits per heavy atom. The SMILES string of the molecule is C[C@]1(CCO)CO1. The van der Waals surface area contributed by atoms with E-state index in [0.29, 0.717) is 0 Å². The van der Waals surface area contributed by atoms with Crippen LogP contribution in [0.2, 0.25) is 0 Å². The van der Waals surface area contributed by atoms with Gasteiger partial charge in [-0.2, -0.15) is 0 Å². The van der Waals surface area contributed by atoms with Crippen LogP contribution >= 0.6 is 0 Å². The Kier molecular flexibility index (Phi) is 1.05. The zero-order valence-electron chi connectivity index (χ0n) is 4.48. The third-order valence-electron chi connectivity index (χ3n) is 1.28. The van der Waals surface area contributed by atoms with Gasteiger partial charge in [-0.15, -0.1) is 0 Å². The first-order valence-corrected chi connectivity index (χ1v) is 2.52. The van der Waals surface area contributed by atoms with E-state index in [2.05, 4.69) is 0 Å². The minimum atomic E-state index is 0.0503. The molecule has 42 valence electrons. The van der Waals surface area contributed by atoms with Crippen molar-refractivity contribution >= 4 is 0 Å². The van der Waals surface area contributed by atoms with E-state index < -0.39 is 0 Å². The zero-order chi connectivity index (χ0) is 5.33. The zero-order valence-corrected chi connectivity index (χ0v) is 4.48. The maximum atomic E-state index is 8.36. The second-order valence-electron chi connectivity index (χ2n) is 2.21. The lowest BCUT2D eigenvalue weighted by Crippen LogP contribution is -2.05. The first kappa shape index (κ1) is 5.06. The predicted molar refractivity (Wildman–Crippen MR) is 26.1 cm³/mol. The van der Waals surface area contributed by atoms with Crippen LogP contribution in [0.25, 0.3) is 0 Å². The van der Waals surface area contributed by atoms with Crippen molar-refractivity contribution in [3.63, 3.8) is 0 Å². The highest BCUT2D eigenvalue weighted by Gasteiger charge is 2.37. The Hall–Kier alpha value is -0.0800. The van der Waals surface area contributed by atoms with E-state index in [1.165, 1.54) is 0 Å². The number of ether oxygens (including phenoxy) is 1. The first-order chi connectivity index (χ1) is 3.27. The number of rotatable bonds is 2. The number of hydrogen-bond donors (Lipinski definition) is 1. The molecule has 1 atom stereocenters. The van der Waals surface area contributed by atoms with Crippen molar-refractivity contribution in [2.45, 2.75) is 18.9 Å². The van der Waals surface area contributed by atoms with Gasteiger partial charge in [-0.25, -0.2) is 0 Å². The molecule has 0 aliphatic carbocycles. The van der Waals surface area contributed by atoms with E-state index >= 15 is 0 Å². The van der Waals surface area contributed by atoms with Crippen LogP contribution in [0.3, 0.4) is 0 Å². The molecule has 1 heterocycles. The molecule has 0 radical (unpaired) electrons. The molecule has 2 heteroatoms. The standard InChI is InChI=1S/C5H10O2/c1-5(2-3-6)4-7-5/h6H,2-4H2,1H3/t5-/m0/s1. The van der Waals surface area contributed by atoms with E-state index in [1.54, 1.807) is 0 Å². The maximum absolute atomic E-state index is 8.36. The number of aliphatic hydroxyl groups is 1. The van der Waals surface area contributed by atoms with Crippen LogP contribution in [0.5, 0.6) is 0 Å². The van der Waals surface area contributed by atoms with Crippen LogP contribution in [0.1, 0.15) is 13.3 Å². The molecule has 0 spiro atoms. The summed E-state index contributed by atoms with van der Waals surface area (Å²) in [6, 6.07) is 0. The average molecular weight is 102 g/mol. The quantitative estimate of drug-likeness (QED) is 0.504. The first-order valence-electron chi connectivity index (χ1n) is 2.52. The molecule has 2 nitrogen and oxygen atoms in total. The highest BCUT2D eigenvalue weighted by Crippen LogP contribution is 2.28. The monoisotopic (exact) mass is 102 g/mol. The molecule has 0 unspecified atom stereocenters. The second kappa shape index (κ2) is 1.46. The molecule has 1 rings (SSSR count). The van der Waals surface area contributed by atoms with Crippen molar-refractivity contribution in [1.82, 2.24) is 0 Å². The summed E-state index contributed by atoms with van der Waals surface area (Å²) >= 11 is 0. The van der Waals surface area contributed by atoms with E-state index in [4.69, 9.17) is 9.84 Å². The molecule has 1 aliphatic heterocycles. The summed E-state index contributed by atoms with van der Waals surface area (Å²) in [7, 11) is 0. The van der Waals surface area contributed by atoms with Gasteiger partial charge in [0.15, 0.2) is 0 Å². The number of aliphatic hydroxyl groups excluding tert-OH is 1. The van der Waals surface area contributed by atoms with Gasteiger partial charge in [0.05, 0.1) is 12.2 Å². The summed E-state index contributed by atoms with van der Waals surface area (Å²) in [6.07, 6.45) is 0.785. The number of hydrogen-bond acceptors (Lipinski definition) is 2. The lowest BCUT2D eigenvalue weighted by atomic mass is 10.1. The highest BCUT2D eigenvalue weighted by atomic mass is 16.6. The van der Waals surface area contributed by atoms with Crippen molar-refractivity contribution in [3.05, 3.63) is 0 Å². The Labute approximate surface area is 43.1 Å². The topological polar surface area (TPSA) is 32.8 Å². The fourth-order valence-electron chi connectivity index (χ4n) is 0.504. The summed E-state index contributed by atoms with van der Waals surface area (Å²) in [5.41, 5.74) is 0.0503. The van der Waals surface area contributed by atoms with Crippen LogP contribution in [0, 0.1) is 0 Å². The molecule has 0 saturated carbocycles. The van der Waals surface area contributed by atoms with Gasteiger partial charge in [0.25, 0.3) is 0 Å². The largest absolute Gasteiger partial charge is 0.396 e. The second-order valence-corrected chi connectivity index (χ2v) is 2.21. The molecule has 1 aliphatic rings. The molecular weight excluding hydrogens is 92.1 g/mol. The van der Waals surface area contributed by atoms with E-state index in [9.17, 15) is 0 Å². The van der Waals surface area contributed by atoms with Gasteiger partial charge in [-0.05, 0) is 6.92 Å². The van der Waals surface area contributed by atoms with Gasteiger partial charge in [-0.3, -0.25) is 0 Å². The van der Waals surface area contributed by atoms with Gasteiger partial charge >= 0.3 is 0 Å². The van der Waals surface area contributed by atoms with Crippen LogP contribution in [0.4, 0.5) is 0 Å². The Morgan fingerprint density at radius 3 is 2.57 bits per heavy atom. The molecule has 1 saturated heterocycles. The average Bonchev–Trinajstić information content (AvgIpc) is 2.22. The lowest BCUT2D eigenvalue weighted by molar-refractivity contribution is 0.224. The molecule has 0 amide bonds. The van der Waals surface area contributed by atoms with Gasteiger partial charge in [-0.1, -0.05) is 0 Å². The van der Waals surface area contributed by atoms with Crippen molar-refractivity contribution in [3.8, 4) is 0 Å². The Bertz CT molecular complexity index is 66.5. The maximum Gasteiger partial charge on any atom is 0.0910 e. The molecule has 0 aromatic carbocycles. The number of epoxide rings is 1. The fourth-order valence-corrected chi connectivity index (χ4v) is 0.504. The molecule has 1 fully saturated rings. The molecule has 1 N–H and O–H groups in total. The van der Waals surface area contributed by atoms with Gasteiger partial charge in [0.1, 0.15) is 0 Å². The molecule has 0 aromatic rings. The van der Waals surface area contributed by atoms with Crippen molar-refractivity contribution in [1.29, 1.82) is 0 Å². The highest BCUT2D eigenvalue weighted by molar-refractivity contribution is 4.85. The van der Waals surface area contributed by atoms with Gasteiger partial charge in [0, 0.05) is 13.0 Å². The summed E-state index contributed by atoms with van der Waals surface area (Å²) < 4.78 is 4.98. The third-order valence-corrected chi connectivity index (χ3v) is 1.28. The normalized spacial score (nSPS) is 38.6. The summed E-state index contributed by atoms with van der Waals surface area (Å²) in [4.78, 5) is 0. The molecular formula is C5H10O2. The molecule has 0 bridgehead atoms. The van der Waals surface area contributed by atoms with Crippen LogP contribution in [-0.2, 0) is 4.74 Å². The fraction of sp³-hybridized carbons (Fsp3) is 1.00. The molecule has 0 aromatic heterocycles. The Morgan fingerprint density at radius 1 is 1.86 bits per heavy atom.